The molecule has 0 aliphatic rings. The Bertz CT molecular complexity index is 1710. The number of rotatable bonds is 15. The summed E-state index contributed by atoms with van der Waals surface area (Å²) in [6, 6.07) is 29.6. The van der Waals surface area contributed by atoms with Crippen LogP contribution in [0.5, 0.6) is 5.75 Å². The van der Waals surface area contributed by atoms with Gasteiger partial charge in [-0.3, -0.25) is 13.9 Å². The minimum absolute atomic E-state index is 0.00334. The van der Waals surface area contributed by atoms with Crippen LogP contribution >= 0.6 is 23.2 Å². The molecule has 0 saturated heterocycles. The van der Waals surface area contributed by atoms with Gasteiger partial charge in [0.15, 0.2) is 0 Å². The first-order chi connectivity index (χ1) is 22.0. The summed E-state index contributed by atoms with van der Waals surface area (Å²) in [5.74, 6) is -0.359. The average Bonchev–Trinajstić information content (AvgIpc) is 3.05. The molecule has 0 heterocycles. The molecule has 11 heteroatoms. The Hall–Kier alpha value is -4.05. The van der Waals surface area contributed by atoms with Crippen molar-refractivity contribution in [2.24, 2.45) is 0 Å². The van der Waals surface area contributed by atoms with Gasteiger partial charge in [-0.2, -0.15) is 0 Å². The van der Waals surface area contributed by atoms with Gasteiger partial charge in [0.2, 0.25) is 21.8 Å². The summed E-state index contributed by atoms with van der Waals surface area (Å²) in [6.07, 6.45) is 1.96. The second-order valence-electron chi connectivity index (χ2n) is 10.8. The maximum Gasteiger partial charge on any atom is 0.244 e. The highest BCUT2D eigenvalue weighted by atomic mass is 35.5. The first-order valence-corrected chi connectivity index (χ1v) is 17.4. The molecule has 4 aromatic carbocycles. The van der Waals surface area contributed by atoms with Gasteiger partial charge in [0, 0.05) is 19.5 Å². The Kier molecular flexibility index (Phi) is 12.5. The molecule has 1 N–H and O–H groups in total. The van der Waals surface area contributed by atoms with E-state index in [1.165, 1.54) is 4.90 Å². The number of halogens is 2. The Labute approximate surface area is 280 Å². The Morgan fingerprint density at radius 3 is 2.04 bits per heavy atom. The second kappa shape index (κ2) is 16.5. The molecule has 0 bridgehead atoms. The van der Waals surface area contributed by atoms with Crippen LogP contribution in [0.4, 0.5) is 5.69 Å². The quantitative estimate of drug-likeness (QED) is 0.154. The third-order valence-corrected chi connectivity index (χ3v) is 9.09. The van der Waals surface area contributed by atoms with Gasteiger partial charge in [0.25, 0.3) is 0 Å². The van der Waals surface area contributed by atoms with Crippen molar-refractivity contribution in [1.82, 2.24) is 10.2 Å². The fraction of sp³-hybridized carbons (Fsp3) is 0.257. The molecule has 0 aliphatic heterocycles. The van der Waals surface area contributed by atoms with E-state index in [1.807, 2.05) is 67.6 Å². The van der Waals surface area contributed by atoms with Crippen LogP contribution in [0.2, 0.25) is 10.0 Å². The van der Waals surface area contributed by atoms with Crippen LogP contribution in [-0.4, -0.2) is 50.5 Å². The lowest BCUT2D eigenvalue weighted by atomic mass is 10.0. The lowest BCUT2D eigenvalue weighted by molar-refractivity contribution is -0.140. The number of benzene rings is 4. The molecule has 4 rings (SSSR count). The zero-order valence-corrected chi connectivity index (χ0v) is 28.1. The predicted octanol–water partition coefficient (Wildman–Crippen LogP) is 6.50. The van der Waals surface area contributed by atoms with E-state index in [0.717, 1.165) is 21.7 Å². The SMILES string of the molecule is CCCNC(=O)C(Cc1ccccc1)N(Cc1ccc(Cl)c(Cl)c1)C(=O)CN(c1ccc(OCc2ccccc2)cc1)S(C)(=O)=O. The largest absolute Gasteiger partial charge is 0.489 e. The Balaban J connectivity index is 1.65. The molecule has 0 aromatic heterocycles. The summed E-state index contributed by atoms with van der Waals surface area (Å²) < 4.78 is 33.0. The lowest BCUT2D eigenvalue weighted by Gasteiger charge is -2.33. The van der Waals surface area contributed by atoms with Crippen LogP contribution in [0.15, 0.2) is 103 Å². The molecular weight excluding hydrogens is 645 g/mol. The van der Waals surface area contributed by atoms with Crippen molar-refractivity contribution in [3.63, 3.8) is 0 Å². The molecule has 46 heavy (non-hydrogen) atoms. The van der Waals surface area contributed by atoms with Gasteiger partial charge in [-0.05, 0) is 59.5 Å². The number of amides is 2. The van der Waals surface area contributed by atoms with Crippen molar-refractivity contribution < 1.29 is 22.7 Å². The summed E-state index contributed by atoms with van der Waals surface area (Å²) >= 11 is 12.4. The van der Waals surface area contributed by atoms with Crippen LogP contribution in [0.1, 0.15) is 30.0 Å². The molecule has 4 aromatic rings. The number of carbonyl (C=O) groups is 2. The third kappa shape index (κ3) is 9.97. The topological polar surface area (TPSA) is 96.0 Å². The molecule has 2 amide bonds. The number of sulfonamides is 1. The third-order valence-electron chi connectivity index (χ3n) is 7.21. The number of ether oxygens (including phenoxy) is 1. The monoisotopic (exact) mass is 681 g/mol. The summed E-state index contributed by atoms with van der Waals surface area (Å²) in [5, 5.41) is 3.56. The lowest BCUT2D eigenvalue weighted by Crippen LogP contribution is -2.53. The van der Waals surface area contributed by atoms with Gasteiger partial charge in [0.1, 0.15) is 24.9 Å². The Morgan fingerprint density at radius 2 is 1.46 bits per heavy atom. The predicted molar refractivity (Wildman–Crippen MR) is 184 cm³/mol. The molecule has 0 radical (unpaired) electrons. The average molecular weight is 683 g/mol. The first-order valence-electron chi connectivity index (χ1n) is 14.8. The fourth-order valence-corrected chi connectivity index (χ4v) is 5.99. The minimum atomic E-state index is -3.91. The summed E-state index contributed by atoms with van der Waals surface area (Å²) in [7, 11) is -3.91. The Morgan fingerprint density at radius 1 is 0.826 bits per heavy atom. The van der Waals surface area contributed by atoms with Gasteiger partial charge in [-0.15, -0.1) is 0 Å². The van der Waals surface area contributed by atoms with Crippen molar-refractivity contribution in [2.75, 3.05) is 23.7 Å². The van der Waals surface area contributed by atoms with Crippen molar-refractivity contribution in [1.29, 1.82) is 0 Å². The van der Waals surface area contributed by atoms with Crippen LogP contribution in [0.25, 0.3) is 0 Å². The maximum atomic E-state index is 14.2. The molecule has 1 unspecified atom stereocenters. The summed E-state index contributed by atoms with van der Waals surface area (Å²) in [5.41, 5.74) is 2.75. The van der Waals surface area contributed by atoms with Crippen LogP contribution in [0, 0.1) is 0 Å². The van der Waals surface area contributed by atoms with E-state index in [9.17, 15) is 18.0 Å². The molecule has 242 valence electrons. The standard InChI is InChI=1S/C35H37Cl2N3O5S/c1-3-20-38-35(42)33(22-26-10-6-4-7-11-26)39(23-28-14-19-31(36)32(37)21-28)34(41)24-40(46(2,43)44)29-15-17-30(18-16-29)45-25-27-12-8-5-9-13-27/h4-19,21,33H,3,20,22-25H2,1-2H3,(H,38,42). The van der Waals surface area contributed by atoms with Crippen molar-refractivity contribution in [3.05, 3.63) is 130 Å². The molecule has 8 nitrogen and oxygen atoms in total. The molecule has 0 saturated carbocycles. The van der Waals surface area contributed by atoms with Crippen LogP contribution < -0.4 is 14.4 Å². The van der Waals surface area contributed by atoms with Crippen LogP contribution in [-0.2, 0) is 39.2 Å². The number of carbonyl (C=O) groups excluding carboxylic acids is 2. The fourth-order valence-electron chi connectivity index (χ4n) is 4.82. The van der Waals surface area contributed by atoms with E-state index in [0.29, 0.717) is 40.9 Å². The van der Waals surface area contributed by atoms with Gasteiger partial charge in [-0.1, -0.05) is 96.9 Å². The highest BCUT2D eigenvalue weighted by molar-refractivity contribution is 7.92. The van der Waals surface area contributed by atoms with Crippen molar-refractivity contribution in [3.8, 4) is 5.75 Å². The van der Waals surface area contributed by atoms with E-state index >= 15 is 0 Å². The van der Waals surface area contributed by atoms with E-state index in [1.54, 1.807) is 42.5 Å². The van der Waals surface area contributed by atoms with Gasteiger partial charge in [-0.25, -0.2) is 8.42 Å². The molecular formula is C35H37Cl2N3O5S. The second-order valence-corrected chi connectivity index (χ2v) is 13.5. The summed E-state index contributed by atoms with van der Waals surface area (Å²) in [6.45, 7) is 2.18. The number of hydrogen-bond acceptors (Lipinski definition) is 5. The van der Waals surface area contributed by atoms with E-state index in [2.05, 4.69) is 5.32 Å². The molecule has 1 atom stereocenters. The van der Waals surface area contributed by atoms with E-state index < -0.39 is 28.5 Å². The smallest absolute Gasteiger partial charge is 0.244 e. The number of anilines is 1. The first kappa shape index (κ1) is 34.8. The molecule has 0 aliphatic carbocycles. The number of nitrogens with one attached hydrogen (secondary N) is 1. The normalized spacial score (nSPS) is 11.8. The number of hydrogen-bond donors (Lipinski definition) is 1. The van der Waals surface area contributed by atoms with Crippen LogP contribution in [0.3, 0.4) is 0 Å². The van der Waals surface area contributed by atoms with E-state index in [4.69, 9.17) is 27.9 Å². The molecule has 0 spiro atoms. The highest BCUT2D eigenvalue weighted by Crippen LogP contribution is 2.26. The minimum Gasteiger partial charge on any atom is -0.489 e. The highest BCUT2D eigenvalue weighted by Gasteiger charge is 2.33. The molecule has 0 fully saturated rings. The van der Waals surface area contributed by atoms with Gasteiger partial charge < -0.3 is 15.0 Å². The zero-order chi connectivity index (χ0) is 33.1. The van der Waals surface area contributed by atoms with Gasteiger partial charge >= 0.3 is 0 Å². The zero-order valence-electron chi connectivity index (χ0n) is 25.7. The van der Waals surface area contributed by atoms with Crippen molar-refractivity contribution in [2.45, 2.75) is 39.0 Å². The summed E-state index contributed by atoms with van der Waals surface area (Å²) in [4.78, 5) is 29.3. The van der Waals surface area contributed by atoms with Gasteiger partial charge in [0.05, 0.1) is 22.0 Å². The van der Waals surface area contributed by atoms with E-state index in [-0.39, 0.29) is 24.6 Å². The number of nitrogens with zero attached hydrogens (tertiary/aromatic N) is 2. The maximum absolute atomic E-state index is 14.2. The van der Waals surface area contributed by atoms with Crippen molar-refractivity contribution >= 4 is 50.7 Å².